The average Bonchev–Trinajstić information content (AvgIpc) is 3.64. The third-order valence-corrected chi connectivity index (χ3v) is 9.47. The molecule has 2 aliphatic rings. The fraction of sp³-hybridized carbons (Fsp3) is 0.435. The Bertz CT molecular complexity index is 1420. The number of benzene rings is 2. The number of nitrogens with zero attached hydrogens (tertiary/aromatic N) is 1. The predicted molar refractivity (Wildman–Crippen MR) is 137 cm³/mol. The monoisotopic (exact) mass is 575 g/mol. The Kier molecular flexibility index (Phi) is 7.36. The zero-order valence-corrected chi connectivity index (χ0v) is 22.7. The molecule has 1 atom stereocenters. The number of fused-ring (bicyclic) bond motifs is 1. The lowest BCUT2D eigenvalue weighted by Gasteiger charge is -2.36. The van der Waals surface area contributed by atoms with Crippen molar-refractivity contribution in [2.75, 3.05) is 22.7 Å². The van der Waals surface area contributed by atoms with Crippen LogP contribution in [0.2, 0.25) is 5.02 Å². The van der Waals surface area contributed by atoms with Crippen molar-refractivity contribution in [3.63, 3.8) is 0 Å². The molecule has 0 bridgehead atoms. The van der Waals surface area contributed by atoms with E-state index in [9.17, 15) is 26.0 Å². The van der Waals surface area contributed by atoms with Crippen LogP contribution in [0.25, 0.3) is 0 Å². The molecule has 1 amide bonds. The first-order valence-electron chi connectivity index (χ1n) is 11.4. The molecular weight excluding hydrogens is 549 g/mol. The fourth-order valence-electron chi connectivity index (χ4n) is 3.61. The lowest BCUT2D eigenvalue weighted by molar-refractivity contribution is 0.0636. The number of carbonyl (C=O) groups is 1. The predicted octanol–water partition coefficient (Wildman–Crippen LogP) is 3.86. The van der Waals surface area contributed by atoms with Gasteiger partial charge in [-0.05, 0) is 70.0 Å². The maximum Gasteiger partial charge on any atom is 0.412 e. The van der Waals surface area contributed by atoms with Crippen LogP contribution in [0.1, 0.15) is 33.6 Å². The van der Waals surface area contributed by atoms with E-state index in [1.807, 2.05) is 0 Å². The van der Waals surface area contributed by atoms with Gasteiger partial charge in [0.05, 0.1) is 27.4 Å². The van der Waals surface area contributed by atoms with Crippen LogP contribution < -0.4 is 19.1 Å². The highest BCUT2D eigenvalue weighted by Crippen LogP contribution is 2.39. The van der Waals surface area contributed by atoms with Gasteiger partial charge in [0.2, 0.25) is 10.0 Å². The van der Waals surface area contributed by atoms with Crippen LogP contribution in [0.4, 0.5) is 20.6 Å². The molecule has 0 saturated heterocycles. The van der Waals surface area contributed by atoms with Gasteiger partial charge in [0.15, 0.2) is 0 Å². The van der Waals surface area contributed by atoms with Gasteiger partial charge in [0.1, 0.15) is 23.3 Å². The molecule has 2 N–H and O–H groups in total. The van der Waals surface area contributed by atoms with E-state index in [2.05, 4.69) is 10.0 Å². The number of ether oxygens (including phenoxy) is 2. The first-order chi connectivity index (χ1) is 17.2. The summed E-state index contributed by atoms with van der Waals surface area (Å²) in [6.45, 7) is 4.69. The van der Waals surface area contributed by atoms with Crippen LogP contribution in [0, 0.1) is 5.82 Å². The maximum atomic E-state index is 13.7. The summed E-state index contributed by atoms with van der Waals surface area (Å²) < 4.78 is 80.3. The van der Waals surface area contributed by atoms with E-state index < -0.39 is 48.9 Å². The highest BCUT2D eigenvalue weighted by molar-refractivity contribution is 7.92. The minimum absolute atomic E-state index is 0.0929. The molecule has 1 aliphatic carbocycles. The normalized spacial score (nSPS) is 18.1. The molecule has 0 spiro atoms. The van der Waals surface area contributed by atoms with Gasteiger partial charge in [-0.2, -0.15) is 0 Å². The molecule has 37 heavy (non-hydrogen) atoms. The second-order valence-corrected chi connectivity index (χ2v) is 14.1. The van der Waals surface area contributed by atoms with Crippen molar-refractivity contribution in [3.8, 4) is 5.75 Å². The maximum absolute atomic E-state index is 13.7. The zero-order valence-electron chi connectivity index (χ0n) is 20.3. The lowest BCUT2D eigenvalue weighted by Crippen LogP contribution is -2.48. The first kappa shape index (κ1) is 27.4. The zero-order chi connectivity index (χ0) is 27.2. The van der Waals surface area contributed by atoms with Crippen molar-refractivity contribution >= 4 is 49.1 Å². The Morgan fingerprint density at radius 2 is 1.86 bits per heavy atom. The smallest absolute Gasteiger partial charge is 0.412 e. The van der Waals surface area contributed by atoms with E-state index in [0.717, 1.165) is 22.5 Å². The summed E-state index contributed by atoms with van der Waals surface area (Å²) in [7, 11) is -7.83. The summed E-state index contributed by atoms with van der Waals surface area (Å²) in [5, 5.41) is 1.73. The molecule has 2 aromatic carbocycles. The van der Waals surface area contributed by atoms with Crippen LogP contribution in [0.3, 0.4) is 0 Å². The van der Waals surface area contributed by atoms with E-state index in [1.165, 1.54) is 18.2 Å². The molecule has 1 aliphatic heterocycles. The van der Waals surface area contributed by atoms with Crippen LogP contribution in [0.5, 0.6) is 5.75 Å². The van der Waals surface area contributed by atoms with Crippen molar-refractivity contribution in [1.29, 1.82) is 0 Å². The lowest BCUT2D eigenvalue weighted by atomic mass is 10.2. The molecular formula is C23H27ClFN3O7S2. The fourth-order valence-corrected chi connectivity index (χ4v) is 6.80. The SMILES string of the molecule is CC(C)(C)OC(=O)Nc1ccc2c(c1)N(S(=O)(=O)c1ccc(F)c(Cl)c1)CC(CNS(=O)(=O)C1CC1)O2. The quantitative estimate of drug-likeness (QED) is 0.512. The van der Waals surface area contributed by atoms with Gasteiger partial charge in [-0.15, -0.1) is 0 Å². The Balaban J connectivity index is 1.67. The topological polar surface area (TPSA) is 131 Å². The Morgan fingerprint density at radius 3 is 2.49 bits per heavy atom. The van der Waals surface area contributed by atoms with Crippen LogP contribution in [0.15, 0.2) is 41.3 Å². The van der Waals surface area contributed by atoms with Crippen molar-refractivity contribution < 1.29 is 35.5 Å². The van der Waals surface area contributed by atoms with Gasteiger partial charge in [0, 0.05) is 12.2 Å². The Hall–Kier alpha value is -2.61. The van der Waals surface area contributed by atoms with Gasteiger partial charge >= 0.3 is 6.09 Å². The molecule has 1 unspecified atom stereocenters. The highest BCUT2D eigenvalue weighted by atomic mass is 35.5. The van der Waals surface area contributed by atoms with Crippen molar-refractivity contribution in [1.82, 2.24) is 4.72 Å². The number of hydrogen-bond donors (Lipinski definition) is 2. The molecule has 1 saturated carbocycles. The molecule has 10 nitrogen and oxygen atoms in total. The summed E-state index contributed by atoms with van der Waals surface area (Å²) >= 11 is 5.84. The third kappa shape index (κ3) is 6.46. The number of rotatable bonds is 7. The van der Waals surface area contributed by atoms with Crippen LogP contribution >= 0.6 is 11.6 Å². The summed E-state index contributed by atoms with van der Waals surface area (Å²) in [6, 6.07) is 7.38. The first-order valence-corrected chi connectivity index (χ1v) is 14.8. The van der Waals surface area contributed by atoms with Crippen molar-refractivity contribution in [3.05, 3.63) is 47.2 Å². The third-order valence-electron chi connectivity index (χ3n) is 5.49. The van der Waals surface area contributed by atoms with Crippen molar-refractivity contribution in [2.45, 2.75) is 55.5 Å². The van der Waals surface area contributed by atoms with Crippen molar-refractivity contribution in [2.24, 2.45) is 0 Å². The number of sulfonamides is 2. The number of amides is 1. The Labute approximate surface area is 220 Å². The number of halogens is 2. The number of nitrogens with one attached hydrogen (secondary N) is 2. The molecule has 202 valence electrons. The summed E-state index contributed by atoms with van der Waals surface area (Å²) in [6.07, 6.45) is -0.459. The van der Waals surface area contributed by atoms with Gasteiger partial charge in [-0.1, -0.05) is 11.6 Å². The number of anilines is 2. The summed E-state index contributed by atoms with van der Waals surface area (Å²) in [5.41, 5.74) is -0.420. The average molecular weight is 576 g/mol. The molecule has 1 heterocycles. The summed E-state index contributed by atoms with van der Waals surface area (Å²) in [4.78, 5) is 12.0. The van der Waals surface area contributed by atoms with E-state index in [-0.39, 0.29) is 40.1 Å². The van der Waals surface area contributed by atoms with Gasteiger partial charge in [0.25, 0.3) is 10.0 Å². The molecule has 0 aromatic heterocycles. The molecule has 0 radical (unpaired) electrons. The summed E-state index contributed by atoms with van der Waals surface area (Å²) in [5.74, 6) is -0.632. The van der Waals surface area contributed by atoms with Gasteiger partial charge < -0.3 is 9.47 Å². The second kappa shape index (κ2) is 9.93. The van der Waals surface area contributed by atoms with E-state index in [4.69, 9.17) is 21.1 Å². The van der Waals surface area contributed by atoms with Crippen LogP contribution in [-0.4, -0.2) is 53.0 Å². The van der Waals surface area contributed by atoms with E-state index in [0.29, 0.717) is 12.8 Å². The minimum atomic E-state index is -4.30. The highest BCUT2D eigenvalue weighted by Gasteiger charge is 2.39. The molecule has 14 heteroatoms. The molecule has 4 rings (SSSR count). The van der Waals surface area contributed by atoms with E-state index in [1.54, 1.807) is 20.8 Å². The van der Waals surface area contributed by atoms with Gasteiger partial charge in [-0.25, -0.2) is 30.7 Å². The second-order valence-electron chi connectivity index (χ2n) is 9.75. The minimum Gasteiger partial charge on any atom is -0.485 e. The number of carbonyl (C=O) groups excluding carboxylic acids is 1. The Morgan fingerprint density at radius 1 is 1.16 bits per heavy atom. The van der Waals surface area contributed by atoms with Crippen LogP contribution in [-0.2, 0) is 24.8 Å². The standard InChI is InChI=1S/C23H27ClFN3O7S2/c1-23(2,3)35-22(29)27-14-4-9-21-20(10-14)28(37(32,33)17-7-8-19(25)18(24)11-17)13-15(34-21)12-26-36(30,31)16-5-6-16/h4,7-11,15-16,26H,5-6,12-13H2,1-3H3,(H,27,29). The largest absolute Gasteiger partial charge is 0.485 e. The molecule has 2 aromatic rings. The van der Waals surface area contributed by atoms with Gasteiger partial charge in [-0.3, -0.25) is 9.62 Å². The van der Waals surface area contributed by atoms with E-state index >= 15 is 0 Å². The number of hydrogen-bond acceptors (Lipinski definition) is 7. The molecule has 1 fully saturated rings.